The number of hydrogen-bond acceptors (Lipinski definition) is 5. The number of Topliss-reactive ketones (excluding diaryl/α,β-unsaturated/α-hetero) is 1. The zero-order chi connectivity index (χ0) is 18.5. The number of carbonyl (C=O) groups is 1. The summed E-state index contributed by atoms with van der Waals surface area (Å²) in [4.78, 5) is 18.9. The first kappa shape index (κ1) is 17.0. The van der Waals surface area contributed by atoms with Crippen LogP contribution in [-0.4, -0.2) is 45.2 Å². The number of hydrogen-bond donors (Lipinski definition) is 0. The number of rotatable bonds is 1. The van der Waals surface area contributed by atoms with Gasteiger partial charge in [0.15, 0.2) is 5.78 Å². The van der Waals surface area contributed by atoms with Crippen LogP contribution in [0.25, 0.3) is 0 Å². The van der Waals surface area contributed by atoms with Gasteiger partial charge in [-0.1, -0.05) is 12.1 Å². The van der Waals surface area contributed by atoms with Crippen LogP contribution < -0.4 is 0 Å². The number of hydrazine groups is 1. The topological polar surface area (TPSA) is 39.1 Å². The number of halogens is 1. The van der Waals surface area contributed by atoms with Gasteiger partial charge in [0, 0.05) is 24.7 Å². The quantitative estimate of drug-likeness (QED) is 0.776. The monoisotopic (exact) mass is 354 g/mol. The van der Waals surface area contributed by atoms with E-state index in [1.807, 2.05) is 23.2 Å². The SMILES string of the molecule is CC(C)(C)N1CC=C2N=C(N3CC(=O)C[C@@H]3c3cccc(F)c3)C=CN21. The first-order valence-electron chi connectivity index (χ1n) is 8.90. The van der Waals surface area contributed by atoms with Crippen molar-refractivity contribution in [1.29, 1.82) is 0 Å². The van der Waals surface area contributed by atoms with Crippen molar-refractivity contribution in [1.82, 2.24) is 14.9 Å². The molecular formula is C20H23FN4O. The van der Waals surface area contributed by atoms with Crippen molar-refractivity contribution in [3.63, 3.8) is 0 Å². The Morgan fingerprint density at radius 3 is 2.81 bits per heavy atom. The third-order valence-electron chi connectivity index (χ3n) is 4.98. The smallest absolute Gasteiger partial charge is 0.154 e. The van der Waals surface area contributed by atoms with Gasteiger partial charge in [0.2, 0.25) is 0 Å². The standard InChI is InChI=1S/C20H23FN4O/c1-20(2,3)25-10-8-19-22-18(7-9-24(19)25)23-13-16(26)12-17(23)14-5-4-6-15(21)11-14/h4-9,11,17H,10,12-13H2,1-3H3/t17-/m1/s1. The van der Waals surface area contributed by atoms with Crippen LogP contribution in [0.15, 0.2) is 53.4 Å². The molecule has 0 saturated carbocycles. The van der Waals surface area contributed by atoms with Gasteiger partial charge in [-0.2, -0.15) is 0 Å². The zero-order valence-electron chi connectivity index (χ0n) is 15.3. The maximum Gasteiger partial charge on any atom is 0.154 e. The van der Waals surface area contributed by atoms with Gasteiger partial charge >= 0.3 is 0 Å². The molecule has 3 aliphatic rings. The summed E-state index contributed by atoms with van der Waals surface area (Å²) in [6, 6.07) is 6.31. The number of amidine groups is 1. The summed E-state index contributed by atoms with van der Waals surface area (Å²) in [6.07, 6.45) is 6.40. The van der Waals surface area contributed by atoms with Crippen molar-refractivity contribution in [3.8, 4) is 0 Å². The van der Waals surface area contributed by atoms with E-state index in [9.17, 15) is 9.18 Å². The lowest BCUT2D eigenvalue weighted by Gasteiger charge is -2.40. The number of carbonyl (C=O) groups excluding carboxylic acids is 1. The minimum Gasteiger partial charge on any atom is -0.342 e. The van der Waals surface area contributed by atoms with Crippen molar-refractivity contribution in [2.45, 2.75) is 38.8 Å². The molecule has 1 aromatic rings. The summed E-state index contributed by atoms with van der Waals surface area (Å²) in [5, 5.41) is 4.29. The molecule has 3 aliphatic heterocycles. The lowest BCUT2D eigenvalue weighted by molar-refractivity contribution is -0.116. The normalized spacial score (nSPS) is 23.4. The largest absolute Gasteiger partial charge is 0.342 e. The van der Waals surface area contributed by atoms with Crippen LogP contribution in [0.5, 0.6) is 0 Å². The summed E-state index contributed by atoms with van der Waals surface area (Å²) in [5.74, 6) is 1.49. The molecular weight excluding hydrogens is 331 g/mol. The van der Waals surface area contributed by atoms with E-state index < -0.39 is 0 Å². The third kappa shape index (κ3) is 2.94. The summed E-state index contributed by atoms with van der Waals surface area (Å²) in [5.41, 5.74) is 0.801. The Morgan fingerprint density at radius 2 is 2.08 bits per heavy atom. The fourth-order valence-electron chi connectivity index (χ4n) is 3.72. The van der Waals surface area contributed by atoms with E-state index in [-0.39, 0.29) is 23.2 Å². The molecule has 6 heteroatoms. The molecule has 0 bridgehead atoms. The molecule has 1 atom stereocenters. The molecule has 26 heavy (non-hydrogen) atoms. The minimum atomic E-state index is -0.284. The average Bonchev–Trinajstić information content (AvgIpc) is 3.17. The molecule has 4 rings (SSSR count). The van der Waals surface area contributed by atoms with Gasteiger partial charge < -0.3 is 4.90 Å². The molecule has 0 N–H and O–H groups in total. The number of ketones is 1. The van der Waals surface area contributed by atoms with Gasteiger partial charge in [0.25, 0.3) is 0 Å². The van der Waals surface area contributed by atoms with E-state index in [4.69, 9.17) is 4.99 Å². The summed E-state index contributed by atoms with van der Waals surface area (Å²) >= 11 is 0. The molecule has 136 valence electrons. The molecule has 3 heterocycles. The number of fused-ring (bicyclic) bond motifs is 1. The molecule has 0 aliphatic carbocycles. The van der Waals surface area contributed by atoms with E-state index in [2.05, 4.69) is 36.9 Å². The van der Waals surface area contributed by atoms with Crippen molar-refractivity contribution in [3.05, 3.63) is 59.8 Å². The number of aliphatic imine (C=N–C) groups is 1. The molecule has 0 spiro atoms. The van der Waals surface area contributed by atoms with E-state index in [0.29, 0.717) is 13.0 Å². The van der Waals surface area contributed by atoms with E-state index in [1.165, 1.54) is 12.1 Å². The Labute approximate surface area is 153 Å². The van der Waals surface area contributed by atoms with Crippen molar-refractivity contribution in [2.24, 2.45) is 4.99 Å². The second-order valence-corrected chi connectivity index (χ2v) is 7.89. The van der Waals surface area contributed by atoms with Crippen molar-refractivity contribution >= 4 is 11.6 Å². The Balaban J connectivity index is 1.62. The van der Waals surface area contributed by atoms with E-state index in [0.717, 1.165) is 23.8 Å². The maximum absolute atomic E-state index is 13.6. The Hall–Kier alpha value is -2.47. The second kappa shape index (κ2) is 6.06. The lowest BCUT2D eigenvalue weighted by Crippen LogP contribution is -2.48. The molecule has 1 fully saturated rings. The Kier molecular flexibility index (Phi) is 3.95. The molecule has 0 aromatic heterocycles. The Bertz CT molecular complexity index is 836. The van der Waals surface area contributed by atoms with Crippen molar-refractivity contribution in [2.75, 3.05) is 13.1 Å². The van der Waals surface area contributed by atoms with Crippen molar-refractivity contribution < 1.29 is 9.18 Å². The molecule has 1 aromatic carbocycles. The van der Waals surface area contributed by atoms with Gasteiger partial charge in [-0.3, -0.25) is 9.80 Å². The second-order valence-electron chi connectivity index (χ2n) is 7.89. The van der Waals surface area contributed by atoms with Crippen LogP contribution in [0.4, 0.5) is 4.39 Å². The fourth-order valence-corrected chi connectivity index (χ4v) is 3.72. The average molecular weight is 354 g/mol. The van der Waals surface area contributed by atoms with Gasteiger partial charge in [-0.25, -0.2) is 14.4 Å². The number of benzene rings is 1. The van der Waals surface area contributed by atoms with Gasteiger partial charge in [-0.15, -0.1) is 0 Å². The van der Waals surface area contributed by atoms with Crippen LogP contribution in [0.3, 0.4) is 0 Å². The number of likely N-dealkylation sites (tertiary alicyclic amines) is 1. The molecule has 0 amide bonds. The maximum atomic E-state index is 13.6. The van der Waals surface area contributed by atoms with E-state index in [1.54, 1.807) is 6.07 Å². The minimum absolute atomic E-state index is 0.0106. The van der Waals surface area contributed by atoms with Crippen LogP contribution in [-0.2, 0) is 4.79 Å². The molecule has 5 nitrogen and oxygen atoms in total. The molecule has 0 radical (unpaired) electrons. The van der Waals surface area contributed by atoms with Crippen LogP contribution in [0.1, 0.15) is 38.8 Å². The van der Waals surface area contributed by atoms with Crippen LogP contribution in [0.2, 0.25) is 0 Å². The highest BCUT2D eigenvalue weighted by molar-refractivity contribution is 5.99. The first-order chi connectivity index (χ1) is 12.3. The van der Waals surface area contributed by atoms with Gasteiger partial charge in [0.1, 0.15) is 17.5 Å². The highest BCUT2D eigenvalue weighted by Crippen LogP contribution is 2.34. The highest BCUT2D eigenvalue weighted by atomic mass is 19.1. The first-order valence-corrected chi connectivity index (χ1v) is 8.90. The summed E-state index contributed by atoms with van der Waals surface area (Å²) < 4.78 is 13.6. The fraction of sp³-hybridized carbons (Fsp3) is 0.400. The number of nitrogens with zero attached hydrogens (tertiary/aromatic N) is 4. The molecule has 1 saturated heterocycles. The van der Waals surface area contributed by atoms with Gasteiger partial charge in [0.05, 0.1) is 12.6 Å². The highest BCUT2D eigenvalue weighted by Gasteiger charge is 2.37. The molecule has 0 unspecified atom stereocenters. The predicted molar refractivity (Wildman–Crippen MR) is 98.4 cm³/mol. The lowest BCUT2D eigenvalue weighted by atomic mass is 10.0. The van der Waals surface area contributed by atoms with Crippen LogP contribution in [0, 0.1) is 5.82 Å². The van der Waals surface area contributed by atoms with E-state index >= 15 is 0 Å². The van der Waals surface area contributed by atoms with Gasteiger partial charge in [-0.05, 0) is 50.6 Å². The summed E-state index contributed by atoms with van der Waals surface area (Å²) in [7, 11) is 0. The summed E-state index contributed by atoms with van der Waals surface area (Å²) in [6.45, 7) is 7.59. The third-order valence-corrected chi connectivity index (χ3v) is 4.98. The predicted octanol–water partition coefficient (Wildman–Crippen LogP) is 3.24. The van der Waals surface area contributed by atoms with Crippen LogP contribution >= 0.6 is 0 Å². The zero-order valence-corrected chi connectivity index (χ0v) is 15.3. The Morgan fingerprint density at radius 1 is 1.27 bits per heavy atom.